The van der Waals surface area contributed by atoms with Gasteiger partial charge >= 0.3 is 0 Å². The number of rotatable bonds is 2. The van der Waals surface area contributed by atoms with Gasteiger partial charge < -0.3 is 14.7 Å². The highest BCUT2D eigenvalue weighted by Crippen LogP contribution is 2.35. The van der Waals surface area contributed by atoms with Crippen molar-refractivity contribution in [1.29, 1.82) is 0 Å². The van der Waals surface area contributed by atoms with Crippen LogP contribution in [-0.4, -0.2) is 14.7 Å². The molecule has 4 heteroatoms. The maximum atomic E-state index is 9.17. The molecule has 2 rings (SSSR count). The molecule has 2 unspecified atom stereocenters. The lowest BCUT2D eigenvalue weighted by atomic mass is 10.1. The zero-order valence-electron chi connectivity index (χ0n) is 8.36. The van der Waals surface area contributed by atoms with Crippen molar-refractivity contribution in [3.05, 3.63) is 16.7 Å². The van der Waals surface area contributed by atoms with Gasteiger partial charge in [0.25, 0.3) is 0 Å². The number of nitrogens with zero attached hydrogens (tertiary/aromatic N) is 1. The van der Waals surface area contributed by atoms with E-state index in [1.54, 1.807) is 0 Å². The smallest absolute Gasteiger partial charge is 0.177 e. The lowest BCUT2D eigenvalue weighted by Gasteiger charge is -2.14. The van der Waals surface area contributed by atoms with E-state index in [2.05, 4.69) is 16.5 Å². The summed E-state index contributed by atoms with van der Waals surface area (Å²) in [6.45, 7) is 2.34. The lowest BCUT2D eigenvalue weighted by Crippen LogP contribution is -2.09. The van der Waals surface area contributed by atoms with Gasteiger partial charge in [0.2, 0.25) is 0 Å². The molecule has 1 saturated carbocycles. The van der Waals surface area contributed by atoms with Crippen LogP contribution < -0.4 is 0 Å². The Bertz CT molecular complexity index is 368. The van der Waals surface area contributed by atoms with Crippen molar-refractivity contribution in [2.24, 2.45) is 5.92 Å². The van der Waals surface area contributed by atoms with E-state index in [9.17, 15) is 5.11 Å². The van der Waals surface area contributed by atoms with Crippen LogP contribution in [0.25, 0.3) is 0 Å². The van der Waals surface area contributed by atoms with Gasteiger partial charge in [-0.2, -0.15) is 0 Å². The highest BCUT2D eigenvalue weighted by molar-refractivity contribution is 7.71. The Labute approximate surface area is 88.8 Å². The molecule has 0 amide bonds. The van der Waals surface area contributed by atoms with Gasteiger partial charge in [0, 0.05) is 12.2 Å². The molecule has 2 atom stereocenters. The highest BCUT2D eigenvalue weighted by atomic mass is 32.1. The van der Waals surface area contributed by atoms with E-state index in [1.165, 1.54) is 19.3 Å². The number of aliphatic hydroxyl groups is 1. The van der Waals surface area contributed by atoms with Crippen molar-refractivity contribution in [1.82, 2.24) is 9.55 Å². The van der Waals surface area contributed by atoms with E-state index in [-0.39, 0.29) is 6.61 Å². The Balaban J connectivity index is 2.30. The summed E-state index contributed by atoms with van der Waals surface area (Å²) in [6, 6.07) is 0.492. The Morgan fingerprint density at radius 1 is 1.64 bits per heavy atom. The van der Waals surface area contributed by atoms with Crippen molar-refractivity contribution in [3.8, 4) is 0 Å². The van der Waals surface area contributed by atoms with Crippen LogP contribution >= 0.6 is 12.2 Å². The van der Waals surface area contributed by atoms with Gasteiger partial charge in [-0.1, -0.05) is 6.92 Å². The van der Waals surface area contributed by atoms with Crippen molar-refractivity contribution >= 4 is 12.2 Å². The summed E-state index contributed by atoms with van der Waals surface area (Å²) < 4.78 is 2.83. The molecule has 0 radical (unpaired) electrons. The number of hydrogen-bond acceptors (Lipinski definition) is 2. The normalized spacial score (nSPS) is 27.0. The second kappa shape index (κ2) is 3.87. The van der Waals surface area contributed by atoms with E-state index in [0.717, 1.165) is 16.4 Å². The van der Waals surface area contributed by atoms with Gasteiger partial charge in [0.15, 0.2) is 4.77 Å². The molecule has 1 aliphatic carbocycles. The molecule has 0 saturated heterocycles. The number of imidazole rings is 1. The SMILES string of the molecule is CC1CCC(n2c(CO)c[nH]c2=S)C1. The van der Waals surface area contributed by atoms with E-state index in [1.807, 2.05) is 6.20 Å². The maximum Gasteiger partial charge on any atom is 0.177 e. The van der Waals surface area contributed by atoms with Crippen LogP contribution in [0.2, 0.25) is 0 Å². The fourth-order valence-corrected chi connectivity index (χ4v) is 2.67. The Kier molecular flexibility index (Phi) is 2.74. The third-order valence-electron chi connectivity index (χ3n) is 3.08. The first-order valence-corrected chi connectivity index (χ1v) is 5.53. The Morgan fingerprint density at radius 3 is 3.00 bits per heavy atom. The second-order valence-electron chi connectivity index (χ2n) is 4.19. The van der Waals surface area contributed by atoms with Crippen LogP contribution in [0.5, 0.6) is 0 Å². The molecule has 1 aliphatic rings. The number of aromatic nitrogens is 2. The molecule has 1 fully saturated rings. The van der Waals surface area contributed by atoms with Crippen molar-refractivity contribution in [3.63, 3.8) is 0 Å². The fourth-order valence-electron chi connectivity index (χ4n) is 2.35. The van der Waals surface area contributed by atoms with E-state index >= 15 is 0 Å². The largest absolute Gasteiger partial charge is 0.390 e. The number of hydrogen-bond donors (Lipinski definition) is 2. The van der Waals surface area contributed by atoms with Crippen LogP contribution in [0.15, 0.2) is 6.20 Å². The summed E-state index contributed by atoms with van der Waals surface area (Å²) in [4.78, 5) is 3.00. The molecule has 1 aromatic heterocycles. The van der Waals surface area contributed by atoms with E-state index in [4.69, 9.17) is 12.2 Å². The third-order valence-corrected chi connectivity index (χ3v) is 3.40. The number of nitrogens with one attached hydrogen (secondary N) is 1. The first-order chi connectivity index (χ1) is 6.72. The minimum absolute atomic E-state index is 0.0675. The van der Waals surface area contributed by atoms with Crippen LogP contribution in [0, 0.1) is 10.7 Å². The molecule has 0 aliphatic heterocycles. The number of H-pyrrole nitrogens is 1. The molecule has 2 N–H and O–H groups in total. The molecular weight excluding hydrogens is 196 g/mol. The van der Waals surface area contributed by atoms with Gasteiger partial charge in [-0.05, 0) is 37.4 Å². The minimum Gasteiger partial charge on any atom is -0.390 e. The summed E-state index contributed by atoms with van der Waals surface area (Å²) in [5, 5.41) is 9.17. The quantitative estimate of drug-likeness (QED) is 0.739. The second-order valence-corrected chi connectivity index (χ2v) is 4.57. The highest BCUT2D eigenvalue weighted by Gasteiger charge is 2.24. The van der Waals surface area contributed by atoms with Crippen molar-refractivity contribution < 1.29 is 5.11 Å². The molecule has 3 nitrogen and oxygen atoms in total. The van der Waals surface area contributed by atoms with Gasteiger partial charge in [-0.15, -0.1) is 0 Å². The molecule has 0 bridgehead atoms. The summed E-state index contributed by atoms with van der Waals surface area (Å²) in [7, 11) is 0. The van der Waals surface area contributed by atoms with Gasteiger partial charge in [-0.25, -0.2) is 0 Å². The van der Waals surface area contributed by atoms with Crippen LogP contribution in [-0.2, 0) is 6.61 Å². The van der Waals surface area contributed by atoms with E-state index < -0.39 is 0 Å². The zero-order chi connectivity index (χ0) is 10.1. The maximum absolute atomic E-state index is 9.17. The summed E-state index contributed by atoms with van der Waals surface area (Å²) >= 11 is 5.21. The molecule has 1 aromatic rings. The number of aliphatic hydroxyl groups excluding tert-OH is 1. The van der Waals surface area contributed by atoms with Gasteiger partial charge in [0.05, 0.1) is 12.3 Å². The zero-order valence-corrected chi connectivity index (χ0v) is 9.18. The van der Waals surface area contributed by atoms with Gasteiger partial charge in [0.1, 0.15) is 0 Å². The predicted molar refractivity (Wildman–Crippen MR) is 57.6 cm³/mol. The minimum atomic E-state index is 0.0675. The fraction of sp³-hybridized carbons (Fsp3) is 0.700. The van der Waals surface area contributed by atoms with E-state index in [0.29, 0.717) is 6.04 Å². The average Bonchev–Trinajstić information content (AvgIpc) is 2.71. The van der Waals surface area contributed by atoms with Crippen LogP contribution in [0.3, 0.4) is 0 Å². The van der Waals surface area contributed by atoms with Gasteiger partial charge in [-0.3, -0.25) is 0 Å². The summed E-state index contributed by atoms with van der Waals surface area (Å²) in [6.07, 6.45) is 5.44. The summed E-state index contributed by atoms with van der Waals surface area (Å²) in [5.41, 5.74) is 0.911. The lowest BCUT2D eigenvalue weighted by molar-refractivity contribution is 0.265. The van der Waals surface area contributed by atoms with Crippen molar-refractivity contribution in [2.45, 2.75) is 38.8 Å². The molecule has 14 heavy (non-hydrogen) atoms. The molecule has 0 spiro atoms. The van der Waals surface area contributed by atoms with Crippen LogP contribution in [0.4, 0.5) is 0 Å². The standard InChI is InChI=1S/C10H16N2OS/c1-7-2-3-8(4-7)12-9(6-13)5-11-10(12)14/h5,7-8,13H,2-4,6H2,1H3,(H,11,14). The van der Waals surface area contributed by atoms with Crippen molar-refractivity contribution in [2.75, 3.05) is 0 Å². The molecular formula is C10H16N2OS. The summed E-state index contributed by atoms with van der Waals surface area (Å²) in [5.74, 6) is 0.781. The molecule has 1 heterocycles. The molecule has 78 valence electrons. The van der Waals surface area contributed by atoms with Crippen LogP contribution in [0.1, 0.15) is 37.9 Å². The predicted octanol–water partition coefficient (Wildman–Crippen LogP) is 2.40. The Hall–Kier alpha value is -0.610. The number of aromatic amines is 1. The Morgan fingerprint density at radius 2 is 2.43 bits per heavy atom. The average molecular weight is 212 g/mol. The third kappa shape index (κ3) is 1.64. The molecule has 0 aromatic carbocycles. The first kappa shape index (κ1) is 9.93. The monoisotopic (exact) mass is 212 g/mol. The first-order valence-electron chi connectivity index (χ1n) is 5.12. The topological polar surface area (TPSA) is 41.0 Å².